The fourth-order valence-corrected chi connectivity index (χ4v) is 3.55. The molecule has 134 valence electrons. The molecule has 8 heteroatoms. The summed E-state index contributed by atoms with van der Waals surface area (Å²) in [5.41, 5.74) is 0.951. The Labute approximate surface area is 149 Å². The number of carbonyl (C=O) groups is 2. The highest BCUT2D eigenvalue weighted by Gasteiger charge is 2.24. The standard InChI is InChI=1S/C17H20N2O5S/c1-2-23-17(21)15-12(13-4-3-7-24-13)11-25-16(15)18-14(20)10-19-5-8-22-9-6-19/h3-4,7,11H,2,5-6,8-10H2,1H3,(H,18,20). The molecule has 0 spiro atoms. The summed E-state index contributed by atoms with van der Waals surface area (Å²) < 4.78 is 15.8. The van der Waals surface area contributed by atoms with Crippen molar-refractivity contribution in [2.75, 3.05) is 44.8 Å². The summed E-state index contributed by atoms with van der Waals surface area (Å²) in [6.45, 7) is 4.97. The molecule has 0 saturated carbocycles. The van der Waals surface area contributed by atoms with E-state index in [1.807, 2.05) is 4.90 Å². The quantitative estimate of drug-likeness (QED) is 0.793. The van der Waals surface area contributed by atoms with Gasteiger partial charge in [0.25, 0.3) is 0 Å². The Kier molecular flexibility index (Phi) is 5.85. The van der Waals surface area contributed by atoms with E-state index in [1.54, 1.807) is 30.7 Å². The molecule has 25 heavy (non-hydrogen) atoms. The van der Waals surface area contributed by atoms with Crippen LogP contribution < -0.4 is 5.32 Å². The molecule has 3 heterocycles. The van der Waals surface area contributed by atoms with Crippen molar-refractivity contribution >= 4 is 28.2 Å². The predicted octanol–water partition coefficient (Wildman–Crippen LogP) is 2.46. The molecule has 0 unspecified atom stereocenters. The highest BCUT2D eigenvalue weighted by atomic mass is 32.1. The van der Waals surface area contributed by atoms with Crippen LogP contribution in [-0.2, 0) is 14.3 Å². The summed E-state index contributed by atoms with van der Waals surface area (Å²) in [4.78, 5) is 26.7. The molecule has 1 saturated heterocycles. The first-order valence-electron chi connectivity index (χ1n) is 8.11. The maximum Gasteiger partial charge on any atom is 0.341 e. The Morgan fingerprint density at radius 1 is 1.36 bits per heavy atom. The molecule has 0 radical (unpaired) electrons. The van der Waals surface area contributed by atoms with E-state index in [0.717, 1.165) is 13.1 Å². The van der Waals surface area contributed by atoms with Gasteiger partial charge in [0.2, 0.25) is 5.91 Å². The molecule has 0 atom stereocenters. The molecule has 2 aromatic rings. The van der Waals surface area contributed by atoms with E-state index in [0.29, 0.717) is 35.1 Å². The van der Waals surface area contributed by atoms with Crippen LogP contribution in [0.3, 0.4) is 0 Å². The molecule has 7 nitrogen and oxygen atoms in total. The van der Waals surface area contributed by atoms with Gasteiger partial charge >= 0.3 is 5.97 Å². The van der Waals surface area contributed by atoms with Gasteiger partial charge in [0.15, 0.2) is 0 Å². The van der Waals surface area contributed by atoms with Crippen LogP contribution in [0.25, 0.3) is 11.3 Å². The predicted molar refractivity (Wildman–Crippen MR) is 93.9 cm³/mol. The van der Waals surface area contributed by atoms with Crippen LogP contribution in [0.5, 0.6) is 0 Å². The summed E-state index contributed by atoms with van der Waals surface area (Å²) in [5.74, 6) is -0.0786. The van der Waals surface area contributed by atoms with Crippen molar-refractivity contribution in [2.24, 2.45) is 0 Å². The molecule has 2 aromatic heterocycles. The second-order valence-electron chi connectivity index (χ2n) is 5.49. The summed E-state index contributed by atoms with van der Waals surface area (Å²) in [6.07, 6.45) is 1.54. The highest BCUT2D eigenvalue weighted by molar-refractivity contribution is 7.15. The lowest BCUT2D eigenvalue weighted by atomic mass is 10.1. The molecule has 0 aromatic carbocycles. The van der Waals surface area contributed by atoms with Crippen molar-refractivity contribution in [2.45, 2.75) is 6.92 Å². The number of nitrogens with zero attached hydrogens (tertiary/aromatic N) is 1. The maximum absolute atomic E-state index is 12.4. The number of amides is 1. The minimum absolute atomic E-state index is 0.166. The van der Waals surface area contributed by atoms with Crippen LogP contribution >= 0.6 is 11.3 Å². The second kappa shape index (κ2) is 8.28. The molecular formula is C17H20N2O5S. The van der Waals surface area contributed by atoms with Crippen LogP contribution in [0, 0.1) is 0 Å². The molecular weight excluding hydrogens is 344 g/mol. The third-order valence-corrected chi connectivity index (χ3v) is 4.68. The van der Waals surface area contributed by atoms with E-state index < -0.39 is 5.97 Å². The summed E-state index contributed by atoms with van der Waals surface area (Å²) in [6, 6.07) is 3.52. The lowest BCUT2D eigenvalue weighted by Crippen LogP contribution is -2.41. The van der Waals surface area contributed by atoms with E-state index in [4.69, 9.17) is 13.9 Å². The first-order chi connectivity index (χ1) is 12.2. The number of hydrogen-bond acceptors (Lipinski definition) is 7. The van der Waals surface area contributed by atoms with Crippen LogP contribution in [-0.4, -0.2) is 56.2 Å². The van der Waals surface area contributed by atoms with E-state index >= 15 is 0 Å². The van der Waals surface area contributed by atoms with Gasteiger partial charge in [-0.3, -0.25) is 9.69 Å². The van der Waals surface area contributed by atoms with Gasteiger partial charge in [-0.25, -0.2) is 4.79 Å². The molecule has 1 aliphatic rings. The van der Waals surface area contributed by atoms with Gasteiger partial charge in [0.1, 0.15) is 16.3 Å². The number of furan rings is 1. The number of morpholine rings is 1. The molecule has 1 N–H and O–H groups in total. The molecule has 3 rings (SSSR count). The topological polar surface area (TPSA) is 81.0 Å². The number of nitrogens with one attached hydrogen (secondary N) is 1. The van der Waals surface area contributed by atoms with Gasteiger partial charge in [-0.05, 0) is 19.1 Å². The molecule has 1 amide bonds. The number of rotatable bonds is 6. The van der Waals surface area contributed by atoms with Gasteiger partial charge in [-0.1, -0.05) is 0 Å². The van der Waals surface area contributed by atoms with E-state index in [-0.39, 0.29) is 19.1 Å². The average molecular weight is 364 g/mol. The minimum atomic E-state index is -0.475. The largest absolute Gasteiger partial charge is 0.464 e. The monoisotopic (exact) mass is 364 g/mol. The van der Waals surface area contributed by atoms with Gasteiger partial charge < -0.3 is 19.2 Å². The number of hydrogen-bond donors (Lipinski definition) is 1. The van der Waals surface area contributed by atoms with Crippen molar-refractivity contribution in [1.29, 1.82) is 0 Å². The normalized spacial score (nSPS) is 15.1. The van der Waals surface area contributed by atoms with Gasteiger partial charge in [0.05, 0.1) is 32.6 Å². The van der Waals surface area contributed by atoms with Crippen molar-refractivity contribution < 1.29 is 23.5 Å². The van der Waals surface area contributed by atoms with Gasteiger partial charge in [-0.2, -0.15) is 0 Å². The SMILES string of the molecule is CCOC(=O)c1c(-c2ccco2)csc1NC(=O)CN1CCOCC1. The average Bonchev–Trinajstić information content (AvgIpc) is 3.25. The summed E-state index contributed by atoms with van der Waals surface area (Å²) in [5, 5.41) is 5.10. The fourth-order valence-electron chi connectivity index (χ4n) is 2.60. The maximum atomic E-state index is 12.4. The lowest BCUT2D eigenvalue weighted by Gasteiger charge is -2.25. The van der Waals surface area contributed by atoms with Crippen molar-refractivity contribution in [3.63, 3.8) is 0 Å². The Morgan fingerprint density at radius 2 is 2.16 bits per heavy atom. The minimum Gasteiger partial charge on any atom is -0.464 e. The highest BCUT2D eigenvalue weighted by Crippen LogP contribution is 2.36. The van der Waals surface area contributed by atoms with E-state index in [9.17, 15) is 9.59 Å². The summed E-state index contributed by atoms with van der Waals surface area (Å²) >= 11 is 1.28. The Bertz CT molecular complexity index is 719. The molecule has 1 aliphatic heterocycles. The van der Waals surface area contributed by atoms with E-state index in [1.165, 1.54) is 11.3 Å². The Hall–Kier alpha value is -2.16. The number of anilines is 1. The van der Waals surface area contributed by atoms with Crippen LogP contribution in [0.1, 0.15) is 17.3 Å². The van der Waals surface area contributed by atoms with Crippen LogP contribution in [0.2, 0.25) is 0 Å². The molecule has 0 aliphatic carbocycles. The Balaban J connectivity index is 1.78. The number of carbonyl (C=O) groups excluding carboxylic acids is 2. The molecule has 1 fully saturated rings. The van der Waals surface area contributed by atoms with Gasteiger partial charge in [0, 0.05) is 24.0 Å². The summed E-state index contributed by atoms with van der Waals surface area (Å²) in [7, 11) is 0. The van der Waals surface area contributed by atoms with Crippen molar-refractivity contribution in [3.05, 3.63) is 29.3 Å². The zero-order valence-corrected chi connectivity index (χ0v) is 14.8. The Morgan fingerprint density at radius 3 is 2.84 bits per heavy atom. The smallest absolute Gasteiger partial charge is 0.341 e. The first-order valence-corrected chi connectivity index (χ1v) is 8.99. The lowest BCUT2D eigenvalue weighted by molar-refractivity contribution is -0.118. The zero-order valence-electron chi connectivity index (χ0n) is 13.9. The number of thiophene rings is 1. The third-order valence-electron chi connectivity index (χ3n) is 3.78. The fraction of sp³-hybridized carbons (Fsp3) is 0.412. The van der Waals surface area contributed by atoms with Crippen molar-refractivity contribution in [1.82, 2.24) is 4.90 Å². The first kappa shape index (κ1) is 17.7. The molecule has 0 bridgehead atoms. The van der Waals surface area contributed by atoms with Crippen LogP contribution in [0.4, 0.5) is 5.00 Å². The number of ether oxygens (including phenoxy) is 2. The number of esters is 1. The second-order valence-corrected chi connectivity index (χ2v) is 6.37. The third kappa shape index (κ3) is 4.28. The zero-order chi connectivity index (χ0) is 17.6. The van der Waals surface area contributed by atoms with Crippen LogP contribution in [0.15, 0.2) is 28.2 Å². The van der Waals surface area contributed by atoms with E-state index in [2.05, 4.69) is 5.32 Å². The van der Waals surface area contributed by atoms with Gasteiger partial charge in [-0.15, -0.1) is 11.3 Å². The van der Waals surface area contributed by atoms with Crippen molar-refractivity contribution in [3.8, 4) is 11.3 Å².